The van der Waals surface area contributed by atoms with E-state index < -0.39 is 0 Å². The first-order valence-corrected chi connectivity index (χ1v) is 7.05. The third-order valence-electron chi connectivity index (χ3n) is 3.68. The Morgan fingerprint density at radius 2 is 2.42 bits per heavy atom. The zero-order valence-electron chi connectivity index (χ0n) is 11.6. The molecule has 0 saturated carbocycles. The van der Waals surface area contributed by atoms with Crippen LogP contribution in [0, 0.1) is 0 Å². The Morgan fingerprint density at radius 3 is 3.16 bits per heavy atom. The zero-order valence-corrected chi connectivity index (χ0v) is 11.6. The maximum absolute atomic E-state index is 4.57. The van der Waals surface area contributed by atoms with Crippen molar-refractivity contribution < 1.29 is 0 Å². The van der Waals surface area contributed by atoms with Gasteiger partial charge in [0, 0.05) is 25.0 Å². The molecular formula is C14H21N5. The molecule has 3 heterocycles. The van der Waals surface area contributed by atoms with Crippen LogP contribution >= 0.6 is 0 Å². The highest BCUT2D eigenvalue weighted by molar-refractivity contribution is 5.67. The van der Waals surface area contributed by atoms with Crippen molar-refractivity contribution in [2.45, 2.75) is 38.6 Å². The highest BCUT2D eigenvalue weighted by Crippen LogP contribution is 2.20. The average molecular weight is 259 g/mol. The molecule has 0 aliphatic carbocycles. The van der Waals surface area contributed by atoms with Crippen LogP contribution in [0.3, 0.4) is 0 Å². The van der Waals surface area contributed by atoms with E-state index in [0.717, 1.165) is 30.1 Å². The van der Waals surface area contributed by atoms with Crippen molar-refractivity contribution in [1.82, 2.24) is 19.9 Å². The maximum atomic E-state index is 4.57. The summed E-state index contributed by atoms with van der Waals surface area (Å²) in [4.78, 5) is 4.44. The van der Waals surface area contributed by atoms with Gasteiger partial charge in [0.25, 0.3) is 0 Å². The third-order valence-corrected chi connectivity index (χ3v) is 3.68. The van der Waals surface area contributed by atoms with E-state index in [1.807, 2.05) is 10.7 Å². The molecule has 2 N–H and O–H groups in total. The van der Waals surface area contributed by atoms with E-state index >= 15 is 0 Å². The predicted octanol–water partition coefficient (Wildman–Crippen LogP) is 2.02. The van der Waals surface area contributed by atoms with Crippen LogP contribution in [-0.4, -0.2) is 33.7 Å². The molecule has 3 rings (SSSR count). The molecule has 1 fully saturated rings. The highest BCUT2D eigenvalue weighted by atomic mass is 15.2. The molecule has 2 aromatic rings. The number of nitrogens with zero attached hydrogens (tertiary/aromatic N) is 3. The van der Waals surface area contributed by atoms with Crippen molar-refractivity contribution in [2.24, 2.45) is 0 Å². The molecule has 5 nitrogen and oxygen atoms in total. The number of aromatic nitrogens is 3. The summed E-state index contributed by atoms with van der Waals surface area (Å²) in [5, 5.41) is 11.5. The summed E-state index contributed by atoms with van der Waals surface area (Å²) in [6.07, 6.45) is 6.22. The lowest BCUT2D eigenvalue weighted by Crippen LogP contribution is -2.29. The second kappa shape index (κ2) is 5.17. The van der Waals surface area contributed by atoms with Gasteiger partial charge >= 0.3 is 0 Å². The van der Waals surface area contributed by atoms with Crippen molar-refractivity contribution in [3.63, 3.8) is 0 Å². The van der Waals surface area contributed by atoms with Crippen LogP contribution in [0.1, 0.15) is 38.3 Å². The zero-order chi connectivity index (χ0) is 13.2. The van der Waals surface area contributed by atoms with E-state index in [1.165, 1.54) is 12.8 Å². The van der Waals surface area contributed by atoms with E-state index in [2.05, 4.69) is 40.6 Å². The second-order valence-electron chi connectivity index (χ2n) is 5.50. The van der Waals surface area contributed by atoms with Gasteiger partial charge < -0.3 is 10.6 Å². The Labute approximate surface area is 113 Å². The van der Waals surface area contributed by atoms with E-state index in [9.17, 15) is 0 Å². The molecule has 1 unspecified atom stereocenters. The Kier molecular flexibility index (Phi) is 3.38. The van der Waals surface area contributed by atoms with E-state index in [1.54, 1.807) is 6.20 Å². The van der Waals surface area contributed by atoms with Gasteiger partial charge in [0.05, 0.1) is 5.69 Å². The molecule has 1 aliphatic rings. The van der Waals surface area contributed by atoms with Gasteiger partial charge in [-0.05, 0) is 31.4 Å². The fraction of sp³-hybridized carbons (Fsp3) is 0.571. The summed E-state index contributed by atoms with van der Waals surface area (Å²) in [7, 11) is 0. The molecular weight excluding hydrogens is 238 g/mol. The minimum atomic E-state index is 0.434. The molecule has 0 radical (unpaired) electrons. The van der Waals surface area contributed by atoms with Gasteiger partial charge in [0.1, 0.15) is 5.52 Å². The van der Waals surface area contributed by atoms with Crippen LogP contribution in [-0.2, 0) is 0 Å². The Morgan fingerprint density at radius 1 is 1.53 bits per heavy atom. The van der Waals surface area contributed by atoms with Gasteiger partial charge in [-0.3, -0.25) is 0 Å². The maximum Gasteiger partial charge on any atom is 0.152 e. The first kappa shape index (κ1) is 12.4. The first-order chi connectivity index (χ1) is 9.24. The quantitative estimate of drug-likeness (QED) is 0.882. The third kappa shape index (κ3) is 2.56. The fourth-order valence-electron chi connectivity index (χ4n) is 2.51. The summed E-state index contributed by atoms with van der Waals surface area (Å²) in [6, 6.07) is 2.69. The minimum absolute atomic E-state index is 0.434. The van der Waals surface area contributed by atoms with Crippen molar-refractivity contribution in [3.05, 3.63) is 24.2 Å². The standard InChI is InChI=1S/C14H21N5/c1-10(2)12-8-13-14(16-6-7-19(13)18-12)17-9-11-4-3-5-15-11/h6-8,10-11,15H,3-5,9H2,1-2H3,(H,16,17). The summed E-state index contributed by atoms with van der Waals surface area (Å²) < 4.78 is 1.91. The largest absolute Gasteiger partial charge is 0.367 e. The van der Waals surface area contributed by atoms with Gasteiger partial charge in [-0.1, -0.05) is 13.8 Å². The topological polar surface area (TPSA) is 54.2 Å². The molecule has 19 heavy (non-hydrogen) atoms. The Bertz CT molecular complexity index is 554. The SMILES string of the molecule is CC(C)c1cc2c(NCC3CCCN3)nccn2n1. The summed E-state index contributed by atoms with van der Waals surface area (Å²) >= 11 is 0. The van der Waals surface area contributed by atoms with Gasteiger partial charge in [0.15, 0.2) is 5.82 Å². The van der Waals surface area contributed by atoms with E-state index in [-0.39, 0.29) is 0 Å². The van der Waals surface area contributed by atoms with Crippen LogP contribution in [0.25, 0.3) is 5.52 Å². The number of anilines is 1. The van der Waals surface area contributed by atoms with Crippen LogP contribution in [0.4, 0.5) is 5.82 Å². The fourth-order valence-corrected chi connectivity index (χ4v) is 2.51. The van der Waals surface area contributed by atoms with Crippen molar-refractivity contribution >= 4 is 11.3 Å². The molecule has 0 aromatic carbocycles. The number of nitrogens with one attached hydrogen (secondary N) is 2. The summed E-state index contributed by atoms with van der Waals surface area (Å²) in [5.74, 6) is 1.36. The molecule has 0 spiro atoms. The lowest BCUT2D eigenvalue weighted by atomic mass is 10.1. The predicted molar refractivity (Wildman–Crippen MR) is 76.6 cm³/mol. The van der Waals surface area contributed by atoms with Gasteiger partial charge in [-0.15, -0.1) is 0 Å². The molecule has 2 aromatic heterocycles. The van der Waals surface area contributed by atoms with E-state index in [0.29, 0.717) is 12.0 Å². The molecule has 1 saturated heterocycles. The second-order valence-corrected chi connectivity index (χ2v) is 5.50. The highest BCUT2D eigenvalue weighted by Gasteiger charge is 2.15. The van der Waals surface area contributed by atoms with Crippen molar-refractivity contribution in [2.75, 3.05) is 18.4 Å². The average Bonchev–Trinajstić information content (AvgIpc) is 3.05. The van der Waals surface area contributed by atoms with Crippen LogP contribution in [0.2, 0.25) is 0 Å². The van der Waals surface area contributed by atoms with Gasteiger partial charge in [-0.2, -0.15) is 5.10 Å². The normalized spacial score (nSPS) is 19.4. The number of fused-ring (bicyclic) bond motifs is 1. The lowest BCUT2D eigenvalue weighted by Gasteiger charge is -2.12. The van der Waals surface area contributed by atoms with Crippen LogP contribution in [0.5, 0.6) is 0 Å². The minimum Gasteiger partial charge on any atom is -0.367 e. The number of hydrogen-bond acceptors (Lipinski definition) is 4. The molecule has 1 aliphatic heterocycles. The first-order valence-electron chi connectivity index (χ1n) is 7.05. The number of rotatable bonds is 4. The Hall–Kier alpha value is -1.62. The molecule has 1 atom stereocenters. The Balaban J connectivity index is 1.81. The summed E-state index contributed by atoms with van der Waals surface area (Å²) in [6.45, 7) is 6.37. The number of hydrogen-bond donors (Lipinski definition) is 2. The van der Waals surface area contributed by atoms with Crippen LogP contribution < -0.4 is 10.6 Å². The molecule has 102 valence electrons. The van der Waals surface area contributed by atoms with Crippen molar-refractivity contribution in [1.29, 1.82) is 0 Å². The monoisotopic (exact) mass is 259 g/mol. The molecule has 5 heteroatoms. The summed E-state index contributed by atoms with van der Waals surface area (Å²) in [5.41, 5.74) is 2.17. The molecule has 0 amide bonds. The van der Waals surface area contributed by atoms with Crippen molar-refractivity contribution in [3.8, 4) is 0 Å². The lowest BCUT2D eigenvalue weighted by molar-refractivity contribution is 0.632. The molecule has 0 bridgehead atoms. The van der Waals surface area contributed by atoms with E-state index in [4.69, 9.17) is 0 Å². The van der Waals surface area contributed by atoms with Gasteiger partial charge in [-0.25, -0.2) is 9.50 Å². The van der Waals surface area contributed by atoms with Gasteiger partial charge in [0.2, 0.25) is 0 Å². The van der Waals surface area contributed by atoms with Crippen LogP contribution in [0.15, 0.2) is 18.5 Å². The smallest absolute Gasteiger partial charge is 0.152 e.